The molecule has 0 amide bonds. The molecule has 98 valence electrons. The molecule has 0 aliphatic heterocycles. The Morgan fingerprint density at radius 2 is 1.68 bits per heavy atom. The third-order valence-corrected chi connectivity index (χ3v) is 3.10. The van der Waals surface area contributed by atoms with E-state index in [-0.39, 0.29) is 0 Å². The van der Waals surface area contributed by atoms with Crippen LogP contribution >= 0.6 is 0 Å². The van der Waals surface area contributed by atoms with Crippen LogP contribution < -0.4 is 5.32 Å². The second-order valence-electron chi connectivity index (χ2n) is 4.64. The zero-order chi connectivity index (χ0) is 13.8. The SMILES string of the molecule is Cc1ccc(C(Nc2ccccc2C)C(=O)O)cc1. The molecule has 0 aliphatic rings. The minimum absolute atomic E-state index is 0.735. The Balaban J connectivity index is 2.29. The number of benzene rings is 2. The Kier molecular flexibility index (Phi) is 3.85. The molecule has 0 aliphatic carbocycles. The molecule has 0 radical (unpaired) electrons. The molecule has 0 spiro atoms. The van der Waals surface area contributed by atoms with Crippen molar-refractivity contribution in [1.82, 2.24) is 0 Å². The average Bonchev–Trinajstić information content (AvgIpc) is 2.39. The van der Waals surface area contributed by atoms with Crippen molar-refractivity contribution in [2.45, 2.75) is 19.9 Å². The van der Waals surface area contributed by atoms with E-state index < -0.39 is 12.0 Å². The smallest absolute Gasteiger partial charge is 0.330 e. The average molecular weight is 255 g/mol. The van der Waals surface area contributed by atoms with E-state index in [0.29, 0.717) is 0 Å². The molecule has 2 N–H and O–H groups in total. The summed E-state index contributed by atoms with van der Waals surface area (Å²) in [5.41, 5.74) is 3.74. The number of hydrogen-bond acceptors (Lipinski definition) is 2. The lowest BCUT2D eigenvalue weighted by molar-refractivity contribution is -0.138. The highest BCUT2D eigenvalue weighted by Crippen LogP contribution is 2.22. The molecule has 0 saturated carbocycles. The zero-order valence-electron chi connectivity index (χ0n) is 11.1. The number of carboxylic acid groups (broad SMARTS) is 1. The molecule has 1 unspecified atom stereocenters. The highest BCUT2D eigenvalue weighted by molar-refractivity contribution is 5.79. The Morgan fingerprint density at radius 1 is 1.05 bits per heavy atom. The third kappa shape index (κ3) is 3.13. The lowest BCUT2D eigenvalue weighted by atomic mass is 10.0. The van der Waals surface area contributed by atoms with E-state index in [2.05, 4.69) is 5.32 Å². The Morgan fingerprint density at radius 3 is 2.26 bits per heavy atom. The number of carboxylic acids is 1. The van der Waals surface area contributed by atoms with Gasteiger partial charge in [-0.25, -0.2) is 4.79 Å². The Bertz CT molecular complexity index is 576. The molecule has 2 aromatic rings. The first-order valence-corrected chi connectivity index (χ1v) is 6.19. The van der Waals surface area contributed by atoms with Crippen molar-refractivity contribution in [2.24, 2.45) is 0 Å². The lowest BCUT2D eigenvalue weighted by Gasteiger charge is -2.17. The van der Waals surface area contributed by atoms with Crippen molar-refractivity contribution in [3.8, 4) is 0 Å². The van der Waals surface area contributed by atoms with Gasteiger partial charge in [0.05, 0.1) is 0 Å². The summed E-state index contributed by atoms with van der Waals surface area (Å²) in [4.78, 5) is 11.4. The van der Waals surface area contributed by atoms with Gasteiger partial charge in [-0.15, -0.1) is 0 Å². The van der Waals surface area contributed by atoms with Crippen LogP contribution in [0.4, 0.5) is 5.69 Å². The molecule has 0 bridgehead atoms. The predicted octanol–water partition coefficient (Wildman–Crippen LogP) is 3.54. The predicted molar refractivity (Wildman–Crippen MR) is 76.4 cm³/mol. The van der Waals surface area contributed by atoms with Crippen LogP contribution in [-0.2, 0) is 4.79 Å². The fourth-order valence-electron chi connectivity index (χ4n) is 1.94. The molecule has 19 heavy (non-hydrogen) atoms. The number of para-hydroxylation sites is 1. The number of rotatable bonds is 4. The van der Waals surface area contributed by atoms with Gasteiger partial charge in [0.15, 0.2) is 6.04 Å². The second kappa shape index (κ2) is 5.57. The largest absolute Gasteiger partial charge is 0.479 e. The van der Waals surface area contributed by atoms with Crippen LogP contribution in [0.15, 0.2) is 48.5 Å². The van der Waals surface area contributed by atoms with Crippen LogP contribution in [0.1, 0.15) is 22.7 Å². The van der Waals surface area contributed by atoms with Gasteiger partial charge in [0.1, 0.15) is 0 Å². The summed E-state index contributed by atoms with van der Waals surface area (Å²) in [6, 6.07) is 14.5. The minimum atomic E-state index is -0.882. The quantitative estimate of drug-likeness (QED) is 0.878. The van der Waals surface area contributed by atoms with Gasteiger partial charge < -0.3 is 10.4 Å². The number of aryl methyl sites for hydroxylation is 2. The van der Waals surface area contributed by atoms with Gasteiger partial charge >= 0.3 is 5.97 Å². The van der Waals surface area contributed by atoms with Gasteiger partial charge in [0, 0.05) is 5.69 Å². The van der Waals surface area contributed by atoms with E-state index in [4.69, 9.17) is 0 Å². The molecule has 2 rings (SSSR count). The molecule has 0 heterocycles. The molecule has 3 heteroatoms. The third-order valence-electron chi connectivity index (χ3n) is 3.10. The molecule has 0 fully saturated rings. The maximum Gasteiger partial charge on any atom is 0.330 e. The van der Waals surface area contributed by atoms with E-state index in [1.54, 1.807) is 0 Å². The minimum Gasteiger partial charge on any atom is -0.479 e. The maximum atomic E-state index is 11.4. The van der Waals surface area contributed by atoms with Gasteiger partial charge in [-0.3, -0.25) is 0 Å². The highest BCUT2D eigenvalue weighted by atomic mass is 16.4. The van der Waals surface area contributed by atoms with Crippen LogP contribution in [0.5, 0.6) is 0 Å². The fourth-order valence-corrected chi connectivity index (χ4v) is 1.94. The monoisotopic (exact) mass is 255 g/mol. The van der Waals surface area contributed by atoms with Gasteiger partial charge in [-0.05, 0) is 31.0 Å². The van der Waals surface area contributed by atoms with Crippen molar-refractivity contribution in [1.29, 1.82) is 0 Å². The summed E-state index contributed by atoms with van der Waals surface area (Å²) in [6.45, 7) is 3.94. The summed E-state index contributed by atoms with van der Waals surface area (Å²) >= 11 is 0. The van der Waals surface area contributed by atoms with E-state index in [1.165, 1.54) is 0 Å². The highest BCUT2D eigenvalue weighted by Gasteiger charge is 2.19. The molecular formula is C16H17NO2. The first-order chi connectivity index (χ1) is 9.08. The number of aliphatic carboxylic acids is 1. The fraction of sp³-hybridized carbons (Fsp3) is 0.188. The van der Waals surface area contributed by atoms with Gasteiger partial charge in [0.25, 0.3) is 0 Å². The van der Waals surface area contributed by atoms with Crippen molar-refractivity contribution in [3.05, 3.63) is 65.2 Å². The Labute approximate surface area is 112 Å². The summed E-state index contributed by atoms with van der Waals surface area (Å²) in [6.07, 6.45) is 0. The van der Waals surface area contributed by atoms with Crippen LogP contribution in [0, 0.1) is 13.8 Å². The molecular weight excluding hydrogens is 238 g/mol. The normalized spacial score (nSPS) is 11.9. The van der Waals surface area contributed by atoms with Gasteiger partial charge in [0.2, 0.25) is 0 Å². The summed E-state index contributed by atoms with van der Waals surface area (Å²) in [7, 11) is 0. The second-order valence-corrected chi connectivity index (χ2v) is 4.64. The van der Waals surface area contributed by atoms with Crippen LogP contribution in [-0.4, -0.2) is 11.1 Å². The molecule has 0 aromatic heterocycles. The van der Waals surface area contributed by atoms with Gasteiger partial charge in [-0.2, -0.15) is 0 Å². The first kappa shape index (κ1) is 13.1. The lowest BCUT2D eigenvalue weighted by Crippen LogP contribution is -2.20. The molecule has 3 nitrogen and oxygen atoms in total. The van der Waals surface area contributed by atoms with Crippen molar-refractivity contribution in [2.75, 3.05) is 5.32 Å². The zero-order valence-corrected chi connectivity index (χ0v) is 11.1. The summed E-state index contributed by atoms with van der Waals surface area (Å²) in [5, 5.41) is 12.5. The number of anilines is 1. The standard InChI is InChI=1S/C16H17NO2/c1-11-7-9-13(10-8-11)15(16(18)19)17-14-6-4-3-5-12(14)2/h3-10,15,17H,1-2H3,(H,18,19). The number of hydrogen-bond donors (Lipinski definition) is 2. The van der Waals surface area contributed by atoms with Gasteiger partial charge in [-0.1, -0.05) is 48.0 Å². The van der Waals surface area contributed by atoms with Crippen LogP contribution in [0.3, 0.4) is 0 Å². The maximum absolute atomic E-state index is 11.4. The van der Waals surface area contributed by atoms with Crippen molar-refractivity contribution in [3.63, 3.8) is 0 Å². The van der Waals surface area contributed by atoms with E-state index in [0.717, 1.165) is 22.4 Å². The number of nitrogens with one attached hydrogen (secondary N) is 1. The summed E-state index contributed by atoms with van der Waals surface area (Å²) < 4.78 is 0. The van der Waals surface area contributed by atoms with Crippen molar-refractivity contribution >= 4 is 11.7 Å². The van der Waals surface area contributed by atoms with E-state index >= 15 is 0 Å². The molecule has 1 atom stereocenters. The topological polar surface area (TPSA) is 49.3 Å². The first-order valence-electron chi connectivity index (χ1n) is 6.19. The van der Waals surface area contributed by atoms with Crippen LogP contribution in [0.2, 0.25) is 0 Å². The summed E-state index contributed by atoms with van der Waals surface area (Å²) in [5.74, 6) is -0.882. The molecule has 2 aromatic carbocycles. The van der Waals surface area contributed by atoms with E-state index in [9.17, 15) is 9.90 Å². The van der Waals surface area contributed by atoms with E-state index in [1.807, 2.05) is 62.4 Å². The Hall–Kier alpha value is -2.29. The van der Waals surface area contributed by atoms with Crippen LogP contribution in [0.25, 0.3) is 0 Å². The van der Waals surface area contributed by atoms with Crippen molar-refractivity contribution < 1.29 is 9.90 Å². The number of carbonyl (C=O) groups is 1. The molecule has 0 saturated heterocycles.